The molecule has 0 bridgehead atoms. The highest BCUT2D eigenvalue weighted by molar-refractivity contribution is 5.92. The van der Waals surface area contributed by atoms with Crippen LogP contribution in [0.25, 0.3) is 11.3 Å². The van der Waals surface area contributed by atoms with Crippen molar-refractivity contribution in [3.8, 4) is 22.8 Å². The maximum absolute atomic E-state index is 13.5. The van der Waals surface area contributed by atoms with E-state index >= 15 is 0 Å². The van der Waals surface area contributed by atoms with Gasteiger partial charge in [-0.2, -0.15) is 0 Å². The number of carbonyl (C=O) groups is 2. The van der Waals surface area contributed by atoms with Crippen molar-refractivity contribution in [1.82, 2.24) is 9.88 Å². The summed E-state index contributed by atoms with van der Waals surface area (Å²) in [7, 11) is 0. The lowest BCUT2D eigenvalue weighted by molar-refractivity contribution is -0.121. The highest BCUT2D eigenvalue weighted by Crippen LogP contribution is 2.29. The zero-order chi connectivity index (χ0) is 26.8. The van der Waals surface area contributed by atoms with Crippen molar-refractivity contribution >= 4 is 11.9 Å². The van der Waals surface area contributed by atoms with Crippen molar-refractivity contribution in [2.24, 2.45) is 0 Å². The minimum atomic E-state index is -0.423. The van der Waals surface area contributed by atoms with Crippen LogP contribution in [0.5, 0.6) is 11.5 Å². The summed E-state index contributed by atoms with van der Waals surface area (Å²) in [6, 6.07) is 13.6. The molecule has 1 amide bonds. The molecule has 3 aromatic rings. The summed E-state index contributed by atoms with van der Waals surface area (Å²) in [5, 5.41) is 2.96. The minimum Gasteiger partial charge on any atom is -0.490 e. The van der Waals surface area contributed by atoms with E-state index < -0.39 is 5.97 Å². The van der Waals surface area contributed by atoms with Gasteiger partial charge in [-0.05, 0) is 87.7 Å². The number of benzene rings is 2. The molecule has 7 nitrogen and oxygen atoms in total. The van der Waals surface area contributed by atoms with Gasteiger partial charge in [-0.25, -0.2) is 9.18 Å². The fourth-order valence-corrected chi connectivity index (χ4v) is 4.11. The Bertz CT molecular complexity index is 1200. The van der Waals surface area contributed by atoms with Gasteiger partial charge in [0.1, 0.15) is 5.82 Å². The van der Waals surface area contributed by atoms with Gasteiger partial charge in [0.15, 0.2) is 11.5 Å². The first-order chi connectivity index (χ1) is 17.9. The number of hydrogen-bond donors (Lipinski definition) is 1. The number of nitrogens with zero attached hydrogens (tertiary/aromatic N) is 1. The van der Waals surface area contributed by atoms with Crippen molar-refractivity contribution in [2.75, 3.05) is 26.4 Å². The second-order valence-electron chi connectivity index (χ2n) is 8.40. The van der Waals surface area contributed by atoms with Crippen LogP contribution in [0.3, 0.4) is 0 Å². The quantitative estimate of drug-likeness (QED) is 0.315. The Morgan fingerprint density at radius 2 is 1.62 bits per heavy atom. The third-order valence-electron chi connectivity index (χ3n) is 5.91. The molecular weight excluding hydrogens is 475 g/mol. The van der Waals surface area contributed by atoms with Gasteiger partial charge in [0.25, 0.3) is 0 Å². The summed E-state index contributed by atoms with van der Waals surface area (Å²) in [5.74, 6) is 0.532. The van der Waals surface area contributed by atoms with Crippen molar-refractivity contribution in [2.45, 2.75) is 47.1 Å². The van der Waals surface area contributed by atoms with E-state index in [0.717, 1.165) is 16.8 Å². The Kier molecular flexibility index (Phi) is 10.1. The van der Waals surface area contributed by atoms with Gasteiger partial charge in [-0.1, -0.05) is 6.07 Å². The highest BCUT2D eigenvalue weighted by atomic mass is 19.1. The number of carbonyl (C=O) groups excluding carboxylic acids is 2. The van der Waals surface area contributed by atoms with Gasteiger partial charge in [0, 0.05) is 30.9 Å². The highest BCUT2D eigenvalue weighted by Gasteiger charge is 2.20. The first-order valence-electron chi connectivity index (χ1n) is 12.7. The number of esters is 1. The number of halogens is 1. The van der Waals surface area contributed by atoms with E-state index in [1.165, 1.54) is 12.1 Å². The lowest BCUT2D eigenvalue weighted by Gasteiger charge is -2.14. The molecule has 0 unspecified atom stereocenters. The maximum atomic E-state index is 13.5. The predicted octanol–water partition coefficient (Wildman–Crippen LogP) is 5.33. The molecule has 0 aliphatic carbocycles. The van der Waals surface area contributed by atoms with Gasteiger partial charge in [-0.3, -0.25) is 4.79 Å². The zero-order valence-corrected chi connectivity index (χ0v) is 21.9. The van der Waals surface area contributed by atoms with Crippen molar-refractivity contribution in [3.05, 3.63) is 71.2 Å². The van der Waals surface area contributed by atoms with E-state index in [9.17, 15) is 14.0 Å². The number of ether oxygens (including phenoxy) is 3. The van der Waals surface area contributed by atoms with E-state index in [4.69, 9.17) is 14.2 Å². The van der Waals surface area contributed by atoms with Crippen molar-refractivity contribution in [3.63, 3.8) is 0 Å². The largest absolute Gasteiger partial charge is 0.490 e. The van der Waals surface area contributed by atoms with Crippen LogP contribution in [0.4, 0.5) is 4.39 Å². The van der Waals surface area contributed by atoms with Crippen LogP contribution in [-0.4, -0.2) is 42.8 Å². The Balaban J connectivity index is 1.65. The molecule has 2 aromatic carbocycles. The molecule has 0 saturated heterocycles. The van der Waals surface area contributed by atoms with Crippen LogP contribution in [-0.2, 0) is 22.5 Å². The van der Waals surface area contributed by atoms with Gasteiger partial charge in [-0.15, -0.1) is 0 Å². The average molecular weight is 511 g/mol. The molecule has 0 aliphatic rings. The second-order valence-corrected chi connectivity index (χ2v) is 8.40. The van der Waals surface area contributed by atoms with Crippen LogP contribution in [0, 0.1) is 12.7 Å². The molecule has 1 heterocycles. The van der Waals surface area contributed by atoms with Crippen LogP contribution in [0.2, 0.25) is 0 Å². The Morgan fingerprint density at radius 3 is 2.30 bits per heavy atom. The monoisotopic (exact) mass is 510 g/mol. The summed E-state index contributed by atoms with van der Waals surface area (Å²) < 4.78 is 31.8. The van der Waals surface area contributed by atoms with Crippen LogP contribution in [0.1, 0.15) is 48.8 Å². The molecular formula is C29H35FN2O5. The lowest BCUT2D eigenvalue weighted by atomic mass is 10.1. The van der Waals surface area contributed by atoms with Gasteiger partial charge >= 0.3 is 5.97 Å². The normalized spacial score (nSPS) is 10.7. The molecule has 0 atom stereocenters. The topological polar surface area (TPSA) is 78.8 Å². The van der Waals surface area contributed by atoms with Crippen LogP contribution < -0.4 is 14.8 Å². The van der Waals surface area contributed by atoms with Crippen molar-refractivity contribution < 1.29 is 28.2 Å². The molecule has 0 radical (unpaired) electrons. The maximum Gasteiger partial charge on any atom is 0.339 e. The summed E-state index contributed by atoms with van der Waals surface area (Å²) >= 11 is 0. The molecule has 1 aromatic heterocycles. The number of hydrogen-bond acceptors (Lipinski definition) is 5. The van der Waals surface area contributed by atoms with Gasteiger partial charge < -0.3 is 24.1 Å². The number of nitrogens with one attached hydrogen (secondary N) is 1. The summed E-state index contributed by atoms with van der Waals surface area (Å²) in [6.45, 7) is 9.61. The molecule has 8 heteroatoms. The number of aromatic nitrogens is 1. The Hall–Kier alpha value is -3.81. The van der Waals surface area contributed by atoms with E-state index in [0.29, 0.717) is 55.5 Å². The van der Waals surface area contributed by atoms with E-state index in [-0.39, 0.29) is 24.8 Å². The summed E-state index contributed by atoms with van der Waals surface area (Å²) in [4.78, 5) is 25.1. The molecule has 0 saturated carbocycles. The molecule has 198 valence electrons. The minimum absolute atomic E-state index is 0.105. The fraction of sp³-hybridized carbons (Fsp3) is 0.379. The molecule has 1 N–H and O–H groups in total. The van der Waals surface area contributed by atoms with Crippen LogP contribution >= 0.6 is 0 Å². The zero-order valence-electron chi connectivity index (χ0n) is 21.9. The van der Waals surface area contributed by atoms with Gasteiger partial charge in [0.2, 0.25) is 5.91 Å². The first-order valence-corrected chi connectivity index (χ1v) is 12.7. The Morgan fingerprint density at radius 1 is 0.919 bits per heavy atom. The first kappa shape index (κ1) is 27.8. The summed E-state index contributed by atoms with van der Waals surface area (Å²) in [6.07, 6.45) is 0.869. The SMILES string of the molecule is CCOC(=O)c1cc(-c2ccc(F)cc2)n(CCC(=O)NCCc2ccc(OCC)c(OCC)c2)c1C. The van der Waals surface area contributed by atoms with E-state index in [2.05, 4.69) is 5.32 Å². The van der Waals surface area contributed by atoms with Crippen LogP contribution in [0.15, 0.2) is 48.5 Å². The lowest BCUT2D eigenvalue weighted by Crippen LogP contribution is -2.26. The molecule has 0 spiro atoms. The molecule has 3 rings (SSSR count). The molecule has 0 fully saturated rings. The summed E-state index contributed by atoms with van der Waals surface area (Å²) in [5.41, 5.74) is 3.64. The number of rotatable bonds is 13. The molecule has 37 heavy (non-hydrogen) atoms. The van der Waals surface area contributed by atoms with E-state index in [1.807, 2.05) is 43.5 Å². The Labute approximate surface area is 217 Å². The standard InChI is InChI=1S/C29H35FN2O5/c1-5-35-26-13-8-21(18-27(26)36-6-2)14-16-31-28(33)15-17-32-20(4)24(29(34)37-7-3)19-25(32)22-9-11-23(30)12-10-22/h8-13,18-19H,5-7,14-17H2,1-4H3,(H,31,33). The molecule has 0 aliphatic heterocycles. The third-order valence-corrected chi connectivity index (χ3v) is 5.91. The van der Waals surface area contributed by atoms with Crippen molar-refractivity contribution in [1.29, 1.82) is 0 Å². The predicted molar refractivity (Wildman–Crippen MR) is 141 cm³/mol. The average Bonchev–Trinajstić information content (AvgIpc) is 3.21. The van der Waals surface area contributed by atoms with Gasteiger partial charge in [0.05, 0.1) is 25.4 Å². The second kappa shape index (κ2) is 13.5. The third kappa shape index (κ3) is 7.35. The number of amides is 1. The smallest absolute Gasteiger partial charge is 0.339 e. The van der Waals surface area contributed by atoms with E-state index in [1.54, 1.807) is 25.1 Å². The fourth-order valence-electron chi connectivity index (χ4n) is 4.11.